The van der Waals surface area contributed by atoms with Crippen molar-refractivity contribution in [3.8, 4) is 0 Å². The fourth-order valence-corrected chi connectivity index (χ4v) is 6.47. The van der Waals surface area contributed by atoms with E-state index in [1.807, 2.05) is 6.08 Å². The predicted molar refractivity (Wildman–Crippen MR) is 86.5 cm³/mol. The summed E-state index contributed by atoms with van der Waals surface area (Å²) >= 11 is 0. The molecule has 0 bridgehead atoms. The number of ether oxygens (including phenoxy) is 1. The Balaban J connectivity index is 1.57. The normalized spacial score (nSPS) is 45.5. The first-order chi connectivity index (χ1) is 11.0. The Morgan fingerprint density at radius 2 is 2.00 bits per heavy atom. The fraction of sp³-hybridized carbons (Fsp3) is 0.789. The molecule has 0 heterocycles. The number of allylic oxidation sites excluding steroid dienone is 1. The van der Waals surface area contributed by atoms with Crippen LogP contribution in [0, 0.1) is 29.1 Å². The number of carbonyl (C=O) groups is 2. The van der Waals surface area contributed by atoms with Crippen LogP contribution in [0.4, 0.5) is 4.79 Å². The van der Waals surface area contributed by atoms with E-state index in [2.05, 4.69) is 6.92 Å². The molecule has 1 amide bonds. The van der Waals surface area contributed by atoms with Gasteiger partial charge in [0.2, 0.25) is 0 Å². The standard InChI is InChI=1S/C19H27NO3/c1-19-9-8-14-13-5-3-12(21)10-11(13)2-4-15(14)16(19)6-7-17(19)23-18(20)22/h10,13-17H,2-9H2,1H3,(H2,20,22)/t13?,14?,15?,16?,17-,19-/m0/s1. The van der Waals surface area contributed by atoms with Crippen LogP contribution in [0.5, 0.6) is 0 Å². The lowest BCUT2D eigenvalue weighted by molar-refractivity contribution is -0.116. The summed E-state index contributed by atoms with van der Waals surface area (Å²) in [4.78, 5) is 23.0. The van der Waals surface area contributed by atoms with Gasteiger partial charge in [-0.1, -0.05) is 12.5 Å². The van der Waals surface area contributed by atoms with Crippen molar-refractivity contribution in [3.05, 3.63) is 11.6 Å². The Morgan fingerprint density at radius 1 is 1.17 bits per heavy atom. The summed E-state index contributed by atoms with van der Waals surface area (Å²) in [5.74, 6) is 3.06. The van der Waals surface area contributed by atoms with Gasteiger partial charge in [0.15, 0.2) is 5.78 Å². The van der Waals surface area contributed by atoms with Crippen LogP contribution in [0.15, 0.2) is 11.6 Å². The van der Waals surface area contributed by atoms with E-state index in [0.29, 0.717) is 17.6 Å². The van der Waals surface area contributed by atoms with Gasteiger partial charge in [-0.3, -0.25) is 4.79 Å². The largest absolute Gasteiger partial charge is 0.446 e. The first kappa shape index (κ1) is 15.2. The van der Waals surface area contributed by atoms with Crippen LogP contribution in [0.25, 0.3) is 0 Å². The van der Waals surface area contributed by atoms with E-state index in [1.54, 1.807) is 0 Å². The van der Waals surface area contributed by atoms with Crippen LogP contribution in [0.3, 0.4) is 0 Å². The van der Waals surface area contributed by atoms with E-state index in [9.17, 15) is 9.59 Å². The molecule has 0 aliphatic heterocycles. The third-order valence-corrected chi connectivity index (χ3v) is 7.47. The Bertz CT molecular complexity index is 569. The van der Waals surface area contributed by atoms with Crippen LogP contribution in [-0.2, 0) is 9.53 Å². The van der Waals surface area contributed by atoms with Gasteiger partial charge in [0.1, 0.15) is 6.10 Å². The molecule has 4 aliphatic rings. The second-order valence-corrected chi connectivity index (χ2v) is 8.35. The zero-order chi connectivity index (χ0) is 16.2. The molecule has 4 rings (SSSR count). The molecular formula is C19H27NO3. The highest BCUT2D eigenvalue weighted by atomic mass is 16.6. The molecule has 0 spiro atoms. The average molecular weight is 317 g/mol. The maximum Gasteiger partial charge on any atom is 0.404 e. The Morgan fingerprint density at radius 3 is 2.78 bits per heavy atom. The molecule has 4 nitrogen and oxygen atoms in total. The Labute approximate surface area is 137 Å². The summed E-state index contributed by atoms with van der Waals surface area (Å²) in [5.41, 5.74) is 6.81. The summed E-state index contributed by atoms with van der Waals surface area (Å²) in [5, 5.41) is 0. The highest BCUT2D eigenvalue weighted by Crippen LogP contribution is 2.62. The van der Waals surface area contributed by atoms with Crippen LogP contribution in [-0.4, -0.2) is 18.0 Å². The third-order valence-electron chi connectivity index (χ3n) is 7.47. The van der Waals surface area contributed by atoms with E-state index in [1.165, 1.54) is 18.4 Å². The topological polar surface area (TPSA) is 69.4 Å². The molecule has 126 valence electrons. The lowest BCUT2D eigenvalue weighted by Gasteiger charge is -2.53. The number of hydrogen-bond donors (Lipinski definition) is 1. The molecule has 4 aliphatic carbocycles. The second kappa shape index (κ2) is 5.35. The molecule has 0 aromatic rings. The number of carbonyl (C=O) groups excluding carboxylic acids is 2. The molecular weight excluding hydrogens is 290 g/mol. The highest BCUT2D eigenvalue weighted by molar-refractivity contribution is 5.91. The van der Waals surface area contributed by atoms with E-state index in [0.717, 1.165) is 50.4 Å². The van der Waals surface area contributed by atoms with Crippen molar-refractivity contribution in [2.24, 2.45) is 34.8 Å². The summed E-state index contributed by atoms with van der Waals surface area (Å²) in [7, 11) is 0. The molecule has 4 heteroatoms. The van der Waals surface area contributed by atoms with Gasteiger partial charge >= 0.3 is 6.09 Å². The van der Waals surface area contributed by atoms with Crippen molar-refractivity contribution in [1.29, 1.82) is 0 Å². The lowest BCUT2D eigenvalue weighted by atomic mass is 9.52. The molecule has 3 saturated carbocycles. The summed E-state index contributed by atoms with van der Waals surface area (Å²) in [6.07, 6.45) is 9.82. The number of amides is 1. The molecule has 0 radical (unpaired) electrons. The van der Waals surface area contributed by atoms with Gasteiger partial charge in [0.25, 0.3) is 0 Å². The van der Waals surface area contributed by atoms with E-state index < -0.39 is 6.09 Å². The molecule has 6 atom stereocenters. The van der Waals surface area contributed by atoms with Crippen molar-refractivity contribution in [2.75, 3.05) is 0 Å². The van der Waals surface area contributed by atoms with Crippen LogP contribution >= 0.6 is 0 Å². The number of fused-ring (bicyclic) bond motifs is 5. The SMILES string of the molecule is C[C@]12CCC3C4CCC(=O)C=C4CCC3C1CC[C@@H]2OC(N)=O. The number of rotatable bonds is 1. The quantitative estimate of drug-likeness (QED) is 0.803. The Kier molecular flexibility index (Phi) is 3.54. The molecule has 2 N–H and O–H groups in total. The van der Waals surface area contributed by atoms with Gasteiger partial charge in [0, 0.05) is 11.8 Å². The maximum atomic E-state index is 11.7. The zero-order valence-corrected chi connectivity index (χ0v) is 13.9. The van der Waals surface area contributed by atoms with Crippen LogP contribution in [0.2, 0.25) is 0 Å². The number of primary amides is 1. The fourth-order valence-electron chi connectivity index (χ4n) is 6.47. The van der Waals surface area contributed by atoms with Gasteiger partial charge in [-0.15, -0.1) is 0 Å². The first-order valence-corrected chi connectivity index (χ1v) is 9.18. The molecule has 3 fully saturated rings. The van der Waals surface area contributed by atoms with E-state index in [-0.39, 0.29) is 11.5 Å². The molecule has 23 heavy (non-hydrogen) atoms. The summed E-state index contributed by atoms with van der Waals surface area (Å²) < 4.78 is 5.47. The van der Waals surface area contributed by atoms with Gasteiger partial charge in [-0.2, -0.15) is 0 Å². The van der Waals surface area contributed by atoms with Crippen molar-refractivity contribution in [2.45, 2.75) is 64.4 Å². The Hall–Kier alpha value is -1.32. The minimum absolute atomic E-state index is 0.00387. The number of hydrogen-bond acceptors (Lipinski definition) is 3. The van der Waals surface area contributed by atoms with Gasteiger partial charge in [0.05, 0.1) is 0 Å². The molecule has 0 aromatic heterocycles. The van der Waals surface area contributed by atoms with Crippen molar-refractivity contribution < 1.29 is 14.3 Å². The average Bonchev–Trinajstić information content (AvgIpc) is 2.83. The molecule has 0 saturated heterocycles. The van der Waals surface area contributed by atoms with Crippen molar-refractivity contribution in [3.63, 3.8) is 0 Å². The van der Waals surface area contributed by atoms with Gasteiger partial charge in [-0.05, 0) is 74.7 Å². The number of ketones is 1. The second-order valence-electron chi connectivity index (χ2n) is 8.35. The van der Waals surface area contributed by atoms with Crippen LogP contribution < -0.4 is 5.73 Å². The lowest BCUT2D eigenvalue weighted by Crippen LogP contribution is -2.48. The predicted octanol–water partition coefficient (Wildman–Crippen LogP) is 3.59. The summed E-state index contributed by atoms with van der Waals surface area (Å²) in [6.45, 7) is 2.31. The monoisotopic (exact) mass is 317 g/mol. The van der Waals surface area contributed by atoms with Gasteiger partial charge in [-0.25, -0.2) is 4.79 Å². The smallest absolute Gasteiger partial charge is 0.404 e. The minimum Gasteiger partial charge on any atom is -0.446 e. The van der Waals surface area contributed by atoms with Crippen molar-refractivity contribution in [1.82, 2.24) is 0 Å². The number of nitrogens with two attached hydrogens (primary N) is 1. The molecule has 4 unspecified atom stereocenters. The van der Waals surface area contributed by atoms with E-state index in [4.69, 9.17) is 10.5 Å². The van der Waals surface area contributed by atoms with Crippen molar-refractivity contribution >= 4 is 11.9 Å². The maximum absolute atomic E-state index is 11.7. The first-order valence-electron chi connectivity index (χ1n) is 9.18. The minimum atomic E-state index is -0.626. The molecule has 0 aromatic carbocycles. The summed E-state index contributed by atoms with van der Waals surface area (Å²) in [6, 6.07) is 0. The highest BCUT2D eigenvalue weighted by Gasteiger charge is 2.57. The third kappa shape index (κ3) is 2.33. The van der Waals surface area contributed by atoms with Gasteiger partial charge < -0.3 is 10.5 Å². The van der Waals surface area contributed by atoms with E-state index >= 15 is 0 Å². The van der Waals surface area contributed by atoms with Crippen LogP contribution in [0.1, 0.15) is 58.3 Å². The zero-order valence-electron chi connectivity index (χ0n) is 13.9.